The second-order valence-electron chi connectivity index (χ2n) is 4.80. The molecule has 0 aromatic carbocycles. The molecule has 1 saturated carbocycles. The van der Waals surface area contributed by atoms with Crippen LogP contribution >= 0.6 is 11.8 Å². The fourth-order valence-corrected chi connectivity index (χ4v) is 3.94. The number of rotatable bonds is 4. The molecule has 17 heavy (non-hydrogen) atoms. The zero-order valence-corrected chi connectivity index (χ0v) is 10.7. The quantitative estimate of drug-likeness (QED) is 0.833. The molecule has 2 fully saturated rings. The van der Waals surface area contributed by atoms with Crippen LogP contribution in [0.2, 0.25) is 0 Å². The molecule has 1 unspecified atom stereocenters. The average Bonchev–Trinajstić information content (AvgIpc) is 2.96. The lowest BCUT2D eigenvalue weighted by Crippen LogP contribution is -2.45. The minimum Gasteiger partial charge on any atom is -0.480 e. The molecular formula is C12H19NO3S. The summed E-state index contributed by atoms with van der Waals surface area (Å²) in [7, 11) is 0. The molecule has 1 heterocycles. The van der Waals surface area contributed by atoms with Gasteiger partial charge in [-0.25, -0.2) is 0 Å². The molecular weight excluding hydrogens is 238 g/mol. The van der Waals surface area contributed by atoms with Crippen molar-refractivity contribution in [2.24, 2.45) is 0 Å². The van der Waals surface area contributed by atoms with Crippen molar-refractivity contribution in [1.29, 1.82) is 0 Å². The summed E-state index contributed by atoms with van der Waals surface area (Å²) in [5, 5.41) is 8.94. The largest absolute Gasteiger partial charge is 0.480 e. The molecule has 0 spiro atoms. The van der Waals surface area contributed by atoms with Gasteiger partial charge in [0.15, 0.2) is 0 Å². The van der Waals surface area contributed by atoms with Crippen molar-refractivity contribution < 1.29 is 14.7 Å². The normalized spacial score (nSPS) is 25.1. The molecule has 1 amide bonds. The third kappa shape index (κ3) is 3.15. The standard InChI is InChI=1S/C12H19NO3S/c14-11(15)8-13(9-4-1-2-5-9)12(16)10-6-3-7-17-10/h9-10H,1-8H2,(H,14,15). The van der Waals surface area contributed by atoms with Crippen LogP contribution in [0.4, 0.5) is 0 Å². The number of nitrogens with zero attached hydrogens (tertiary/aromatic N) is 1. The van der Waals surface area contributed by atoms with E-state index in [9.17, 15) is 9.59 Å². The van der Waals surface area contributed by atoms with Crippen molar-refractivity contribution in [2.45, 2.75) is 49.8 Å². The molecule has 2 rings (SSSR count). The molecule has 2 aliphatic rings. The van der Waals surface area contributed by atoms with Gasteiger partial charge in [0, 0.05) is 6.04 Å². The predicted molar refractivity (Wildman–Crippen MR) is 67.1 cm³/mol. The van der Waals surface area contributed by atoms with Crippen LogP contribution in [0.3, 0.4) is 0 Å². The fourth-order valence-electron chi connectivity index (χ4n) is 2.71. The number of carboxylic acid groups (broad SMARTS) is 1. The molecule has 96 valence electrons. The maximum atomic E-state index is 12.3. The monoisotopic (exact) mass is 257 g/mol. The molecule has 0 aromatic heterocycles. The van der Waals surface area contributed by atoms with Crippen LogP contribution in [-0.2, 0) is 9.59 Å². The van der Waals surface area contributed by atoms with Gasteiger partial charge in [0.05, 0.1) is 5.25 Å². The average molecular weight is 257 g/mol. The lowest BCUT2D eigenvalue weighted by molar-refractivity contribution is -0.145. The Kier molecular flexibility index (Phi) is 4.31. The van der Waals surface area contributed by atoms with E-state index in [0.29, 0.717) is 0 Å². The minimum absolute atomic E-state index is 0.00921. The number of amides is 1. The first-order chi connectivity index (χ1) is 8.18. The molecule has 4 nitrogen and oxygen atoms in total. The first-order valence-electron chi connectivity index (χ1n) is 6.32. The topological polar surface area (TPSA) is 57.6 Å². The zero-order chi connectivity index (χ0) is 12.3. The molecule has 1 saturated heterocycles. The van der Waals surface area contributed by atoms with E-state index in [4.69, 9.17) is 5.11 Å². The Balaban J connectivity index is 2.02. The van der Waals surface area contributed by atoms with Gasteiger partial charge in [-0.3, -0.25) is 9.59 Å². The summed E-state index contributed by atoms with van der Waals surface area (Å²) >= 11 is 1.68. The van der Waals surface area contributed by atoms with E-state index >= 15 is 0 Å². The van der Waals surface area contributed by atoms with Crippen molar-refractivity contribution >= 4 is 23.6 Å². The van der Waals surface area contributed by atoms with Crippen molar-refractivity contribution in [1.82, 2.24) is 4.90 Å². The van der Waals surface area contributed by atoms with E-state index in [1.165, 1.54) is 0 Å². The minimum atomic E-state index is -0.895. The van der Waals surface area contributed by atoms with Crippen molar-refractivity contribution in [3.63, 3.8) is 0 Å². The lowest BCUT2D eigenvalue weighted by Gasteiger charge is -2.29. The third-order valence-electron chi connectivity index (χ3n) is 3.56. The predicted octanol–water partition coefficient (Wildman–Crippen LogP) is 1.74. The van der Waals surface area contributed by atoms with E-state index in [2.05, 4.69) is 0 Å². The van der Waals surface area contributed by atoms with E-state index in [-0.39, 0.29) is 23.7 Å². The summed E-state index contributed by atoms with van der Waals surface area (Å²) in [6, 6.07) is 0.166. The van der Waals surface area contributed by atoms with Crippen LogP contribution in [0.25, 0.3) is 0 Å². The highest BCUT2D eigenvalue weighted by molar-refractivity contribution is 8.00. The summed E-state index contributed by atoms with van der Waals surface area (Å²) in [5.41, 5.74) is 0. The van der Waals surface area contributed by atoms with Crippen LogP contribution < -0.4 is 0 Å². The van der Waals surface area contributed by atoms with Gasteiger partial charge in [0.1, 0.15) is 6.54 Å². The summed E-state index contributed by atoms with van der Waals surface area (Å²) < 4.78 is 0. The van der Waals surface area contributed by atoms with Gasteiger partial charge in [-0.15, -0.1) is 11.8 Å². The molecule has 0 bridgehead atoms. The Morgan fingerprint density at radius 3 is 2.41 bits per heavy atom. The smallest absolute Gasteiger partial charge is 0.323 e. The fraction of sp³-hybridized carbons (Fsp3) is 0.833. The van der Waals surface area contributed by atoms with Gasteiger partial charge >= 0.3 is 5.97 Å². The van der Waals surface area contributed by atoms with Gasteiger partial charge < -0.3 is 10.0 Å². The Bertz CT molecular complexity index is 296. The summed E-state index contributed by atoms with van der Waals surface area (Å²) in [4.78, 5) is 24.8. The van der Waals surface area contributed by atoms with E-state index < -0.39 is 5.97 Å². The van der Waals surface area contributed by atoms with Gasteiger partial charge in [-0.1, -0.05) is 12.8 Å². The molecule has 0 aromatic rings. The highest BCUT2D eigenvalue weighted by Gasteiger charge is 2.34. The first-order valence-corrected chi connectivity index (χ1v) is 7.37. The highest BCUT2D eigenvalue weighted by Crippen LogP contribution is 2.31. The Hall–Kier alpha value is -0.710. The number of hydrogen-bond acceptors (Lipinski definition) is 3. The number of carbonyl (C=O) groups is 2. The first kappa shape index (κ1) is 12.7. The van der Waals surface area contributed by atoms with Crippen LogP contribution in [-0.4, -0.2) is 45.5 Å². The zero-order valence-electron chi connectivity index (χ0n) is 9.93. The Morgan fingerprint density at radius 2 is 1.88 bits per heavy atom. The Labute approximate surface area is 106 Å². The van der Waals surface area contributed by atoms with Gasteiger partial charge in [0.25, 0.3) is 0 Å². The number of aliphatic carboxylic acids is 1. The van der Waals surface area contributed by atoms with E-state index in [1.54, 1.807) is 16.7 Å². The van der Waals surface area contributed by atoms with E-state index in [0.717, 1.165) is 44.3 Å². The van der Waals surface area contributed by atoms with Crippen molar-refractivity contribution in [3.05, 3.63) is 0 Å². The molecule has 1 N–H and O–H groups in total. The second-order valence-corrected chi connectivity index (χ2v) is 6.11. The van der Waals surface area contributed by atoms with Crippen LogP contribution in [0.5, 0.6) is 0 Å². The number of hydrogen-bond donors (Lipinski definition) is 1. The Morgan fingerprint density at radius 1 is 1.18 bits per heavy atom. The number of thioether (sulfide) groups is 1. The van der Waals surface area contributed by atoms with Crippen LogP contribution in [0, 0.1) is 0 Å². The molecule has 1 aliphatic carbocycles. The molecule has 1 aliphatic heterocycles. The van der Waals surface area contributed by atoms with Crippen molar-refractivity contribution in [3.8, 4) is 0 Å². The lowest BCUT2D eigenvalue weighted by atomic mass is 10.1. The molecule has 1 atom stereocenters. The number of carboxylic acids is 1. The van der Waals surface area contributed by atoms with Gasteiger partial charge in [0.2, 0.25) is 5.91 Å². The number of carbonyl (C=O) groups excluding carboxylic acids is 1. The summed E-state index contributed by atoms with van der Waals surface area (Å²) in [6.45, 7) is -0.124. The van der Waals surface area contributed by atoms with Crippen LogP contribution in [0.1, 0.15) is 38.5 Å². The van der Waals surface area contributed by atoms with Crippen LogP contribution in [0.15, 0.2) is 0 Å². The third-order valence-corrected chi connectivity index (χ3v) is 4.92. The molecule has 0 radical (unpaired) electrons. The van der Waals surface area contributed by atoms with E-state index in [1.807, 2.05) is 0 Å². The SMILES string of the molecule is O=C(O)CN(C(=O)C1CCCS1)C1CCCC1. The summed E-state index contributed by atoms with van der Waals surface area (Å²) in [5.74, 6) is 0.192. The maximum absolute atomic E-state index is 12.3. The molecule has 5 heteroatoms. The summed E-state index contributed by atoms with van der Waals surface area (Å²) in [6.07, 6.45) is 6.16. The van der Waals surface area contributed by atoms with Gasteiger partial charge in [-0.05, 0) is 31.4 Å². The second kappa shape index (κ2) is 5.76. The van der Waals surface area contributed by atoms with Crippen molar-refractivity contribution in [2.75, 3.05) is 12.3 Å². The maximum Gasteiger partial charge on any atom is 0.323 e. The highest BCUT2D eigenvalue weighted by atomic mass is 32.2. The van der Waals surface area contributed by atoms with Gasteiger partial charge in [-0.2, -0.15) is 0 Å².